The molecule has 2 N–H and O–H groups in total. The maximum absolute atomic E-state index is 13.6. The Morgan fingerprint density at radius 3 is 2.95 bits per heavy atom. The van der Waals surface area contributed by atoms with Gasteiger partial charge >= 0.3 is 0 Å². The third-order valence-electron chi connectivity index (χ3n) is 3.16. The van der Waals surface area contributed by atoms with Crippen molar-refractivity contribution < 1.29 is 9.18 Å². The third kappa shape index (κ3) is 4.44. The van der Waals surface area contributed by atoms with E-state index >= 15 is 0 Å². The van der Waals surface area contributed by atoms with E-state index in [9.17, 15) is 9.18 Å². The van der Waals surface area contributed by atoms with Gasteiger partial charge in [-0.1, -0.05) is 15.9 Å². The van der Waals surface area contributed by atoms with E-state index in [1.54, 1.807) is 17.0 Å². The highest BCUT2D eigenvalue weighted by Gasteiger charge is 2.22. The van der Waals surface area contributed by atoms with Crippen LogP contribution in [0.25, 0.3) is 0 Å². The molecule has 106 valence electrons. The molecule has 0 bridgehead atoms. The average molecular weight is 352 g/mol. The van der Waals surface area contributed by atoms with Crippen LogP contribution in [0.5, 0.6) is 0 Å². The normalized spacial score (nSPS) is 18.9. The Balaban J connectivity index is 0.00000180. The zero-order valence-electron chi connectivity index (χ0n) is 10.4. The molecule has 0 spiro atoms. The molecule has 1 amide bonds. The van der Waals surface area contributed by atoms with Gasteiger partial charge in [-0.15, -0.1) is 12.4 Å². The van der Waals surface area contributed by atoms with Crippen molar-refractivity contribution in [2.75, 3.05) is 13.1 Å². The number of hydrogen-bond acceptors (Lipinski definition) is 2. The molecule has 1 unspecified atom stereocenters. The fourth-order valence-corrected chi connectivity index (χ4v) is 2.60. The molecule has 0 aliphatic carbocycles. The van der Waals surface area contributed by atoms with Crippen LogP contribution in [0, 0.1) is 5.82 Å². The van der Waals surface area contributed by atoms with E-state index < -0.39 is 0 Å². The first-order valence-corrected chi connectivity index (χ1v) is 6.83. The molecule has 2 rings (SSSR count). The van der Waals surface area contributed by atoms with Crippen LogP contribution in [0.1, 0.15) is 18.4 Å². The number of likely N-dealkylation sites (tertiary alicyclic amines) is 1. The van der Waals surface area contributed by atoms with Crippen molar-refractivity contribution in [1.29, 1.82) is 0 Å². The number of carbonyl (C=O) groups is 1. The summed E-state index contributed by atoms with van der Waals surface area (Å²) >= 11 is 3.28. The van der Waals surface area contributed by atoms with Gasteiger partial charge in [-0.25, -0.2) is 4.39 Å². The lowest BCUT2D eigenvalue weighted by molar-refractivity contribution is -0.131. The highest BCUT2D eigenvalue weighted by atomic mass is 79.9. The Labute approximate surface area is 126 Å². The minimum atomic E-state index is -0.340. The van der Waals surface area contributed by atoms with Gasteiger partial charge in [-0.05, 0) is 36.6 Å². The van der Waals surface area contributed by atoms with Gasteiger partial charge in [-0.2, -0.15) is 0 Å². The largest absolute Gasteiger partial charge is 0.341 e. The van der Waals surface area contributed by atoms with Crippen molar-refractivity contribution in [2.24, 2.45) is 5.73 Å². The first-order chi connectivity index (χ1) is 8.56. The van der Waals surface area contributed by atoms with Crippen molar-refractivity contribution in [3.05, 3.63) is 34.1 Å². The van der Waals surface area contributed by atoms with Crippen molar-refractivity contribution in [3.8, 4) is 0 Å². The molecule has 0 saturated carbocycles. The summed E-state index contributed by atoms with van der Waals surface area (Å²) < 4.78 is 14.3. The summed E-state index contributed by atoms with van der Waals surface area (Å²) in [6.07, 6.45) is 1.97. The van der Waals surface area contributed by atoms with Crippen LogP contribution in [-0.4, -0.2) is 29.9 Å². The van der Waals surface area contributed by atoms with Crippen LogP contribution in [0.15, 0.2) is 22.7 Å². The molecule has 1 heterocycles. The number of rotatable bonds is 2. The Kier molecular flexibility index (Phi) is 6.23. The van der Waals surface area contributed by atoms with E-state index in [1.807, 2.05) is 0 Å². The van der Waals surface area contributed by atoms with E-state index in [2.05, 4.69) is 15.9 Å². The van der Waals surface area contributed by atoms with E-state index in [-0.39, 0.29) is 36.6 Å². The molecule has 0 radical (unpaired) electrons. The van der Waals surface area contributed by atoms with Gasteiger partial charge in [0.2, 0.25) is 5.91 Å². The fraction of sp³-hybridized carbons (Fsp3) is 0.462. The van der Waals surface area contributed by atoms with Crippen LogP contribution in [0.3, 0.4) is 0 Å². The smallest absolute Gasteiger partial charge is 0.227 e. The predicted molar refractivity (Wildman–Crippen MR) is 78.8 cm³/mol. The number of piperidine rings is 1. The third-order valence-corrected chi connectivity index (χ3v) is 3.65. The van der Waals surface area contributed by atoms with Crippen LogP contribution < -0.4 is 5.73 Å². The highest BCUT2D eigenvalue weighted by molar-refractivity contribution is 9.10. The second kappa shape index (κ2) is 7.22. The fourth-order valence-electron chi connectivity index (χ4n) is 2.19. The second-order valence-electron chi connectivity index (χ2n) is 4.65. The molecule has 19 heavy (non-hydrogen) atoms. The van der Waals surface area contributed by atoms with Crippen molar-refractivity contribution in [1.82, 2.24) is 4.90 Å². The average Bonchev–Trinajstić information content (AvgIpc) is 2.34. The summed E-state index contributed by atoms with van der Waals surface area (Å²) in [6.45, 7) is 1.30. The summed E-state index contributed by atoms with van der Waals surface area (Å²) in [5, 5.41) is 0. The number of nitrogens with zero attached hydrogens (tertiary/aromatic N) is 1. The number of amides is 1. The van der Waals surface area contributed by atoms with Gasteiger partial charge in [-0.3, -0.25) is 4.79 Å². The second-order valence-corrected chi connectivity index (χ2v) is 5.57. The summed E-state index contributed by atoms with van der Waals surface area (Å²) in [4.78, 5) is 13.8. The van der Waals surface area contributed by atoms with E-state index in [4.69, 9.17) is 5.73 Å². The molecule has 1 fully saturated rings. The zero-order valence-corrected chi connectivity index (χ0v) is 12.8. The van der Waals surface area contributed by atoms with E-state index in [1.165, 1.54) is 6.07 Å². The molecule has 1 atom stereocenters. The number of carbonyl (C=O) groups excluding carboxylic acids is 1. The van der Waals surface area contributed by atoms with Crippen LogP contribution in [0.2, 0.25) is 0 Å². The Morgan fingerprint density at radius 2 is 2.26 bits per heavy atom. The summed E-state index contributed by atoms with van der Waals surface area (Å²) in [7, 11) is 0. The Hall–Kier alpha value is -0.650. The SMILES string of the molecule is Cl.NC1CCCN(C(=O)Cc2cc(Br)ccc2F)C1. The lowest BCUT2D eigenvalue weighted by atomic mass is 10.0. The quantitative estimate of drug-likeness (QED) is 0.890. The van der Waals surface area contributed by atoms with Crippen molar-refractivity contribution >= 4 is 34.2 Å². The molecule has 1 aromatic rings. The van der Waals surface area contributed by atoms with Crippen LogP contribution in [0.4, 0.5) is 4.39 Å². The molecule has 1 aromatic carbocycles. The van der Waals surface area contributed by atoms with Crippen molar-refractivity contribution in [3.63, 3.8) is 0 Å². The minimum absolute atomic E-state index is 0. The summed E-state index contributed by atoms with van der Waals surface area (Å²) in [5.41, 5.74) is 6.26. The summed E-state index contributed by atoms with van der Waals surface area (Å²) in [5.74, 6) is -0.394. The molecular formula is C13H17BrClFN2O. The first-order valence-electron chi connectivity index (χ1n) is 6.03. The van der Waals surface area contributed by atoms with Gasteiger partial charge in [0.05, 0.1) is 6.42 Å². The lowest BCUT2D eigenvalue weighted by Crippen LogP contribution is -2.46. The predicted octanol–water partition coefficient (Wildman–Crippen LogP) is 2.50. The van der Waals surface area contributed by atoms with Gasteiger partial charge in [0.1, 0.15) is 5.82 Å². The van der Waals surface area contributed by atoms with Crippen molar-refractivity contribution in [2.45, 2.75) is 25.3 Å². The van der Waals surface area contributed by atoms with E-state index in [0.717, 1.165) is 23.9 Å². The number of halogens is 3. The topological polar surface area (TPSA) is 46.3 Å². The Morgan fingerprint density at radius 1 is 1.53 bits per heavy atom. The van der Waals surface area contributed by atoms with Crippen LogP contribution >= 0.6 is 28.3 Å². The molecule has 1 aliphatic rings. The standard InChI is InChI=1S/C13H16BrFN2O.ClH/c14-10-3-4-12(15)9(6-10)7-13(18)17-5-1-2-11(16)8-17;/h3-4,6,11H,1-2,5,7-8,16H2;1H. The molecule has 3 nitrogen and oxygen atoms in total. The lowest BCUT2D eigenvalue weighted by Gasteiger charge is -2.30. The monoisotopic (exact) mass is 350 g/mol. The zero-order chi connectivity index (χ0) is 13.1. The molecular weight excluding hydrogens is 335 g/mol. The Bertz CT molecular complexity index is 458. The van der Waals surface area contributed by atoms with Gasteiger partial charge in [0, 0.05) is 23.6 Å². The molecule has 0 aromatic heterocycles. The number of nitrogens with two attached hydrogens (primary N) is 1. The van der Waals surface area contributed by atoms with Crippen LogP contribution in [-0.2, 0) is 11.2 Å². The highest BCUT2D eigenvalue weighted by Crippen LogP contribution is 2.17. The minimum Gasteiger partial charge on any atom is -0.341 e. The maximum atomic E-state index is 13.6. The molecule has 6 heteroatoms. The first kappa shape index (κ1) is 16.4. The van der Waals surface area contributed by atoms with Gasteiger partial charge in [0.25, 0.3) is 0 Å². The van der Waals surface area contributed by atoms with Gasteiger partial charge in [0.15, 0.2) is 0 Å². The van der Waals surface area contributed by atoms with E-state index in [0.29, 0.717) is 12.1 Å². The number of benzene rings is 1. The maximum Gasteiger partial charge on any atom is 0.227 e. The molecule has 1 aliphatic heterocycles. The molecule has 1 saturated heterocycles. The van der Waals surface area contributed by atoms with Gasteiger partial charge < -0.3 is 10.6 Å². The number of hydrogen-bond donors (Lipinski definition) is 1. The summed E-state index contributed by atoms with van der Waals surface area (Å²) in [6, 6.07) is 4.70.